The van der Waals surface area contributed by atoms with Gasteiger partial charge in [0, 0.05) is 11.8 Å². The molecule has 0 unspecified atom stereocenters. The molecule has 17 heavy (non-hydrogen) atoms. The first-order chi connectivity index (χ1) is 7.82. The van der Waals surface area contributed by atoms with Gasteiger partial charge in [-0.1, -0.05) is 56.7 Å². The van der Waals surface area contributed by atoms with Crippen LogP contribution in [0.2, 0.25) is 0 Å². The van der Waals surface area contributed by atoms with Gasteiger partial charge in [-0.3, -0.25) is 4.79 Å². The normalized spacial score (nSPS) is 11.1. The number of carbonyl (C=O) groups excluding carboxylic acids is 1. The molecule has 92 valence electrons. The predicted octanol–water partition coefficient (Wildman–Crippen LogP) is 4.49. The molecular formula is C16H22O. The molecule has 1 rings (SSSR count). The Kier molecular flexibility index (Phi) is 4.28. The van der Waals surface area contributed by atoms with Crippen LogP contribution in [0.15, 0.2) is 35.9 Å². The average Bonchev–Trinajstić information content (AvgIpc) is 2.25. The number of Topliss-reactive ketones (excluding diaryl/α,β-unsaturated/α-hetero) is 1. The second-order valence-corrected chi connectivity index (χ2v) is 5.69. The van der Waals surface area contributed by atoms with Crippen LogP contribution < -0.4 is 0 Å². The quantitative estimate of drug-likeness (QED) is 0.748. The molecule has 0 saturated carbocycles. The molecule has 0 aliphatic carbocycles. The standard InChI is InChI=1S/C16H22O/c1-12(2)14(11-15(17)16(3,4)5)13-9-7-6-8-10-13/h6-10H,11H2,1-5H3. The maximum absolute atomic E-state index is 12.1. The van der Waals surface area contributed by atoms with Gasteiger partial charge < -0.3 is 0 Å². The van der Waals surface area contributed by atoms with E-state index in [9.17, 15) is 4.79 Å². The fourth-order valence-electron chi connectivity index (χ4n) is 1.63. The molecule has 0 bridgehead atoms. The van der Waals surface area contributed by atoms with Crippen LogP contribution in [0.1, 0.15) is 46.6 Å². The summed E-state index contributed by atoms with van der Waals surface area (Å²) >= 11 is 0. The number of benzene rings is 1. The van der Waals surface area contributed by atoms with E-state index in [1.54, 1.807) is 0 Å². The van der Waals surface area contributed by atoms with Gasteiger partial charge in [0.25, 0.3) is 0 Å². The number of rotatable bonds is 3. The lowest BCUT2D eigenvalue weighted by atomic mass is 9.84. The molecule has 0 saturated heterocycles. The zero-order valence-electron chi connectivity index (χ0n) is 11.5. The second kappa shape index (κ2) is 5.31. The molecule has 0 spiro atoms. The van der Waals surface area contributed by atoms with Crippen molar-refractivity contribution in [3.63, 3.8) is 0 Å². The Bertz CT molecular complexity index is 415. The summed E-state index contributed by atoms with van der Waals surface area (Å²) in [7, 11) is 0. The van der Waals surface area contributed by atoms with Crippen LogP contribution in [-0.4, -0.2) is 5.78 Å². The highest BCUT2D eigenvalue weighted by Crippen LogP contribution is 2.27. The highest BCUT2D eigenvalue weighted by molar-refractivity contribution is 5.94. The lowest BCUT2D eigenvalue weighted by Crippen LogP contribution is -2.20. The van der Waals surface area contributed by atoms with Gasteiger partial charge in [-0.2, -0.15) is 0 Å². The highest BCUT2D eigenvalue weighted by Gasteiger charge is 2.22. The predicted molar refractivity (Wildman–Crippen MR) is 73.8 cm³/mol. The summed E-state index contributed by atoms with van der Waals surface area (Å²) in [5, 5.41) is 0. The van der Waals surface area contributed by atoms with Crippen LogP contribution in [0.25, 0.3) is 5.57 Å². The molecule has 0 aliphatic rings. The van der Waals surface area contributed by atoms with Gasteiger partial charge in [0.1, 0.15) is 5.78 Å². The Morgan fingerprint density at radius 1 is 1.06 bits per heavy atom. The topological polar surface area (TPSA) is 17.1 Å². The van der Waals surface area contributed by atoms with Gasteiger partial charge in [0.2, 0.25) is 0 Å². The van der Waals surface area contributed by atoms with Gasteiger partial charge in [0.15, 0.2) is 0 Å². The monoisotopic (exact) mass is 230 g/mol. The third-order valence-corrected chi connectivity index (χ3v) is 2.90. The Hall–Kier alpha value is -1.37. The van der Waals surface area contributed by atoms with Crippen molar-refractivity contribution < 1.29 is 4.79 Å². The van der Waals surface area contributed by atoms with Gasteiger partial charge in [-0.05, 0) is 25.0 Å². The number of allylic oxidation sites excluding steroid dienone is 2. The van der Waals surface area contributed by atoms with Crippen LogP contribution >= 0.6 is 0 Å². The van der Waals surface area contributed by atoms with Gasteiger partial charge in [0.05, 0.1) is 0 Å². The van der Waals surface area contributed by atoms with Crippen molar-refractivity contribution in [2.75, 3.05) is 0 Å². The minimum atomic E-state index is -0.268. The van der Waals surface area contributed by atoms with Crippen molar-refractivity contribution in [2.45, 2.75) is 41.0 Å². The largest absolute Gasteiger partial charge is 0.299 e. The van der Waals surface area contributed by atoms with Crippen molar-refractivity contribution in [2.24, 2.45) is 5.41 Å². The summed E-state index contributed by atoms with van der Waals surface area (Å²) in [6, 6.07) is 10.2. The Balaban J connectivity index is 3.00. The molecule has 1 heteroatoms. The van der Waals surface area contributed by atoms with Crippen molar-refractivity contribution in [1.82, 2.24) is 0 Å². The zero-order valence-corrected chi connectivity index (χ0v) is 11.5. The van der Waals surface area contributed by atoms with Crippen LogP contribution in [0, 0.1) is 5.41 Å². The van der Waals surface area contributed by atoms with Crippen LogP contribution in [0.5, 0.6) is 0 Å². The van der Waals surface area contributed by atoms with E-state index in [1.807, 2.05) is 39.0 Å². The first-order valence-corrected chi connectivity index (χ1v) is 6.07. The molecule has 0 amide bonds. The van der Waals surface area contributed by atoms with E-state index >= 15 is 0 Å². The zero-order chi connectivity index (χ0) is 13.1. The third kappa shape index (κ3) is 3.85. The molecule has 1 aromatic carbocycles. The Morgan fingerprint density at radius 3 is 2.00 bits per heavy atom. The van der Waals surface area contributed by atoms with Gasteiger partial charge >= 0.3 is 0 Å². The molecule has 0 aromatic heterocycles. The van der Waals surface area contributed by atoms with Crippen molar-refractivity contribution >= 4 is 11.4 Å². The summed E-state index contributed by atoms with van der Waals surface area (Å²) in [6.45, 7) is 10.1. The molecule has 1 nitrogen and oxygen atoms in total. The molecule has 0 heterocycles. The van der Waals surface area contributed by atoms with Crippen LogP contribution in [-0.2, 0) is 4.79 Å². The van der Waals surface area contributed by atoms with E-state index in [4.69, 9.17) is 0 Å². The SMILES string of the molecule is CC(C)=C(CC(=O)C(C)(C)C)c1ccccc1. The molecule has 0 N–H and O–H groups in total. The number of ketones is 1. The molecular weight excluding hydrogens is 208 g/mol. The van der Waals surface area contributed by atoms with E-state index in [1.165, 1.54) is 5.57 Å². The van der Waals surface area contributed by atoms with E-state index in [2.05, 4.69) is 26.0 Å². The average molecular weight is 230 g/mol. The van der Waals surface area contributed by atoms with Crippen molar-refractivity contribution in [3.8, 4) is 0 Å². The highest BCUT2D eigenvalue weighted by atomic mass is 16.1. The number of hydrogen-bond donors (Lipinski definition) is 0. The lowest BCUT2D eigenvalue weighted by molar-refractivity contribution is -0.125. The maximum atomic E-state index is 12.1. The first kappa shape index (κ1) is 13.7. The minimum Gasteiger partial charge on any atom is -0.299 e. The maximum Gasteiger partial charge on any atom is 0.142 e. The van der Waals surface area contributed by atoms with Crippen molar-refractivity contribution in [3.05, 3.63) is 41.5 Å². The van der Waals surface area contributed by atoms with Crippen LogP contribution in [0.4, 0.5) is 0 Å². The Morgan fingerprint density at radius 2 is 1.59 bits per heavy atom. The van der Waals surface area contributed by atoms with Crippen LogP contribution in [0.3, 0.4) is 0 Å². The van der Waals surface area contributed by atoms with Crippen molar-refractivity contribution in [1.29, 1.82) is 0 Å². The molecule has 0 atom stereocenters. The Labute approximate surface area is 105 Å². The molecule has 0 fully saturated rings. The molecule has 0 radical (unpaired) electrons. The number of hydrogen-bond acceptors (Lipinski definition) is 1. The summed E-state index contributed by atoms with van der Waals surface area (Å²) in [6.07, 6.45) is 0.524. The summed E-state index contributed by atoms with van der Waals surface area (Å²) in [5.74, 6) is 0.289. The first-order valence-electron chi connectivity index (χ1n) is 6.07. The van der Waals surface area contributed by atoms with E-state index in [0.29, 0.717) is 6.42 Å². The number of carbonyl (C=O) groups is 1. The molecule has 0 aliphatic heterocycles. The minimum absolute atomic E-state index is 0.268. The fourth-order valence-corrected chi connectivity index (χ4v) is 1.63. The van der Waals surface area contributed by atoms with E-state index < -0.39 is 0 Å². The molecule has 1 aromatic rings. The van der Waals surface area contributed by atoms with E-state index in [0.717, 1.165) is 11.1 Å². The fraction of sp³-hybridized carbons (Fsp3) is 0.438. The van der Waals surface area contributed by atoms with E-state index in [-0.39, 0.29) is 11.2 Å². The third-order valence-electron chi connectivity index (χ3n) is 2.90. The van der Waals surface area contributed by atoms with Gasteiger partial charge in [-0.15, -0.1) is 0 Å². The lowest BCUT2D eigenvalue weighted by Gasteiger charge is -2.19. The summed E-state index contributed by atoms with van der Waals surface area (Å²) in [4.78, 5) is 12.1. The summed E-state index contributed by atoms with van der Waals surface area (Å²) < 4.78 is 0. The smallest absolute Gasteiger partial charge is 0.142 e. The summed E-state index contributed by atoms with van der Waals surface area (Å²) in [5.41, 5.74) is 3.26. The second-order valence-electron chi connectivity index (χ2n) is 5.69. The van der Waals surface area contributed by atoms with Gasteiger partial charge in [-0.25, -0.2) is 0 Å².